The molecule has 2 aliphatic rings. The van der Waals surface area contributed by atoms with Crippen LogP contribution in [-0.2, 0) is 14.3 Å². The summed E-state index contributed by atoms with van der Waals surface area (Å²) in [6.45, 7) is 7.68. The van der Waals surface area contributed by atoms with E-state index in [2.05, 4.69) is 11.8 Å². The Labute approximate surface area is 108 Å². The summed E-state index contributed by atoms with van der Waals surface area (Å²) in [5, 5.41) is 8.79. The summed E-state index contributed by atoms with van der Waals surface area (Å²) in [5.41, 5.74) is 0. The van der Waals surface area contributed by atoms with Gasteiger partial charge in [0.2, 0.25) is 0 Å². The van der Waals surface area contributed by atoms with Gasteiger partial charge >= 0.3 is 5.97 Å². The minimum absolute atomic E-state index is 0.0276. The van der Waals surface area contributed by atoms with Gasteiger partial charge in [0.25, 0.3) is 0 Å². The molecule has 0 saturated carbocycles. The molecule has 0 spiro atoms. The Morgan fingerprint density at radius 2 is 2.33 bits per heavy atom. The fourth-order valence-corrected chi connectivity index (χ4v) is 2.94. The highest BCUT2D eigenvalue weighted by atomic mass is 16.7. The third-order valence-electron chi connectivity index (χ3n) is 4.05. The quantitative estimate of drug-likeness (QED) is 0.823. The number of ether oxygens (including phenoxy) is 2. The average Bonchev–Trinajstić information content (AvgIpc) is 2.71. The summed E-state index contributed by atoms with van der Waals surface area (Å²) in [6, 6.07) is 0. The number of nitrogens with zero attached hydrogens (tertiary/aromatic N) is 1. The summed E-state index contributed by atoms with van der Waals surface area (Å²) >= 11 is 0. The van der Waals surface area contributed by atoms with Gasteiger partial charge < -0.3 is 19.5 Å². The van der Waals surface area contributed by atoms with Gasteiger partial charge in [-0.1, -0.05) is 6.92 Å². The van der Waals surface area contributed by atoms with E-state index in [0.29, 0.717) is 12.5 Å². The smallest absolute Gasteiger partial charge is 0.306 e. The molecular weight excluding hydrogens is 234 g/mol. The highest BCUT2D eigenvalue weighted by molar-refractivity contribution is 5.67. The number of carboxylic acid groups (broad SMARTS) is 1. The Morgan fingerprint density at radius 1 is 1.56 bits per heavy atom. The van der Waals surface area contributed by atoms with Crippen LogP contribution in [0.25, 0.3) is 0 Å². The van der Waals surface area contributed by atoms with Crippen LogP contribution >= 0.6 is 0 Å². The standard InChI is InChI=1S/C13H23NO4/c1-3-14-6-4-5-10(8-14)13(2)17-9-11(18-13)7-12(15)16/h10-11H,3-9H2,1-2H3,(H,15,16). The van der Waals surface area contributed by atoms with Gasteiger partial charge in [0.15, 0.2) is 5.79 Å². The van der Waals surface area contributed by atoms with E-state index in [-0.39, 0.29) is 12.5 Å². The minimum Gasteiger partial charge on any atom is -0.481 e. The molecule has 1 N–H and O–H groups in total. The Hall–Kier alpha value is -0.650. The monoisotopic (exact) mass is 257 g/mol. The first kappa shape index (κ1) is 13.8. The number of rotatable bonds is 4. The van der Waals surface area contributed by atoms with Crippen molar-refractivity contribution < 1.29 is 19.4 Å². The van der Waals surface area contributed by atoms with Crippen LogP contribution in [0.5, 0.6) is 0 Å². The van der Waals surface area contributed by atoms with Gasteiger partial charge in [-0.15, -0.1) is 0 Å². The molecule has 3 atom stereocenters. The van der Waals surface area contributed by atoms with Crippen molar-refractivity contribution in [1.29, 1.82) is 0 Å². The van der Waals surface area contributed by atoms with Gasteiger partial charge in [0.1, 0.15) is 0 Å². The van der Waals surface area contributed by atoms with Crippen LogP contribution in [0.4, 0.5) is 0 Å². The summed E-state index contributed by atoms with van der Waals surface area (Å²) < 4.78 is 11.6. The molecule has 0 aliphatic carbocycles. The van der Waals surface area contributed by atoms with Gasteiger partial charge in [-0.2, -0.15) is 0 Å². The van der Waals surface area contributed by atoms with E-state index in [1.54, 1.807) is 0 Å². The third-order valence-corrected chi connectivity index (χ3v) is 4.05. The summed E-state index contributed by atoms with van der Waals surface area (Å²) in [7, 11) is 0. The zero-order valence-corrected chi connectivity index (χ0v) is 11.2. The highest BCUT2D eigenvalue weighted by Crippen LogP contribution is 2.36. The van der Waals surface area contributed by atoms with Gasteiger partial charge in [-0.25, -0.2) is 0 Å². The molecule has 5 heteroatoms. The van der Waals surface area contributed by atoms with Crippen LogP contribution < -0.4 is 0 Å². The number of carbonyl (C=O) groups is 1. The number of likely N-dealkylation sites (tertiary alicyclic amines) is 1. The van der Waals surface area contributed by atoms with E-state index < -0.39 is 11.8 Å². The molecule has 0 aromatic heterocycles. The minimum atomic E-state index is -0.827. The fraction of sp³-hybridized carbons (Fsp3) is 0.923. The molecule has 0 amide bonds. The first-order valence-electron chi connectivity index (χ1n) is 6.79. The Balaban J connectivity index is 1.93. The highest BCUT2D eigenvalue weighted by Gasteiger charge is 2.45. The summed E-state index contributed by atoms with van der Waals surface area (Å²) in [5.74, 6) is -1.09. The van der Waals surface area contributed by atoms with Crippen LogP contribution in [0, 0.1) is 5.92 Å². The first-order chi connectivity index (χ1) is 8.53. The molecule has 2 rings (SSSR count). The number of piperidine rings is 1. The second-order valence-electron chi connectivity index (χ2n) is 5.40. The molecule has 18 heavy (non-hydrogen) atoms. The largest absolute Gasteiger partial charge is 0.481 e. The number of carboxylic acids is 1. The van der Waals surface area contributed by atoms with Gasteiger partial charge in [0, 0.05) is 12.5 Å². The average molecular weight is 257 g/mol. The molecule has 0 bridgehead atoms. The van der Waals surface area contributed by atoms with E-state index in [1.165, 1.54) is 0 Å². The molecule has 0 aromatic carbocycles. The van der Waals surface area contributed by atoms with E-state index in [0.717, 1.165) is 32.5 Å². The lowest BCUT2D eigenvalue weighted by molar-refractivity contribution is -0.202. The molecule has 2 fully saturated rings. The number of hydrogen-bond acceptors (Lipinski definition) is 4. The van der Waals surface area contributed by atoms with E-state index in [1.807, 2.05) is 6.92 Å². The molecule has 5 nitrogen and oxygen atoms in total. The van der Waals surface area contributed by atoms with Crippen LogP contribution in [-0.4, -0.2) is 54.1 Å². The topological polar surface area (TPSA) is 59.0 Å². The molecule has 0 aromatic rings. The molecule has 0 radical (unpaired) electrons. The lowest BCUT2D eigenvalue weighted by Gasteiger charge is -2.39. The van der Waals surface area contributed by atoms with Crippen molar-refractivity contribution in [3.8, 4) is 0 Å². The van der Waals surface area contributed by atoms with E-state index in [4.69, 9.17) is 14.6 Å². The summed E-state index contributed by atoms with van der Waals surface area (Å²) in [4.78, 5) is 13.1. The van der Waals surface area contributed by atoms with Crippen molar-refractivity contribution in [3.63, 3.8) is 0 Å². The molecule has 2 saturated heterocycles. The molecule has 2 aliphatic heterocycles. The molecular formula is C13H23NO4. The van der Waals surface area contributed by atoms with Crippen molar-refractivity contribution in [2.75, 3.05) is 26.2 Å². The van der Waals surface area contributed by atoms with Crippen molar-refractivity contribution in [3.05, 3.63) is 0 Å². The molecule has 104 valence electrons. The van der Waals surface area contributed by atoms with Crippen LogP contribution in [0.15, 0.2) is 0 Å². The second-order valence-corrected chi connectivity index (χ2v) is 5.40. The Kier molecular flexibility index (Phi) is 4.25. The number of hydrogen-bond donors (Lipinski definition) is 1. The second kappa shape index (κ2) is 5.55. The zero-order valence-electron chi connectivity index (χ0n) is 11.2. The van der Waals surface area contributed by atoms with Crippen LogP contribution in [0.1, 0.15) is 33.1 Å². The SMILES string of the molecule is CCN1CCCC(C2(C)OCC(CC(=O)O)O2)C1. The lowest BCUT2D eigenvalue weighted by Crippen LogP contribution is -2.47. The van der Waals surface area contributed by atoms with Crippen LogP contribution in [0.3, 0.4) is 0 Å². The van der Waals surface area contributed by atoms with Gasteiger partial charge in [-0.3, -0.25) is 4.79 Å². The van der Waals surface area contributed by atoms with E-state index >= 15 is 0 Å². The predicted octanol–water partition coefficient (Wildman–Crippen LogP) is 1.32. The molecule has 2 heterocycles. The van der Waals surface area contributed by atoms with Crippen molar-refractivity contribution in [2.24, 2.45) is 5.92 Å². The van der Waals surface area contributed by atoms with Gasteiger partial charge in [-0.05, 0) is 32.9 Å². The third kappa shape index (κ3) is 3.02. The summed E-state index contributed by atoms with van der Waals surface area (Å²) in [6.07, 6.45) is 1.97. The van der Waals surface area contributed by atoms with Crippen molar-refractivity contribution in [1.82, 2.24) is 4.90 Å². The predicted molar refractivity (Wildman–Crippen MR) is 66.3 cm³/mol. The Morgan fingerprint density at radius 3 is 3.00 bits per heavy atom. The van der Waals surface area contributed by atoms with Gasteiger partial charge in [0.05, 0.1) is 19.1 Å². The lowest BCUT2D eigenvalue weighted by atomic mass is 9.90. The Bertz CT molecular complexity index is 309. The zero-order chi connectivity index (χ0) is 13.2. The maximum absolute atomic E-state index is 10.7. The maximum Gasteiger partial charge on any atom is 0.306 e. The van der Waals surface area contributed by atoms with Crippen LogP contribution in [0.2, 0.25) is 0 Å². The number of aliphatic carboxylic acids is 1. The van der Waals surface area contributed by atoms with E-state index in [9.17, 15) is 4.79 Å². The normalized spacial score (nSPS) is 37.9. The van der Waals surface area contributed by atoms with Crippen molar-refractivity contribution in [2.45, 2.75) is 45.0 Å². The fourth-order valence-electron chi connectivity index (χ4n) is 2.94. The van der Waals surface area contributed by atoms with Crippen molar-refractivity contribution >= 4 is 5.97 Å². The molecule has 3 unspecified atom stereocenters. The maximum atomic E-state index is 10.7. The first-order valence-corrected chi connectivity index (χ1v) is 6.79.